The van der Waals surface area contributed by atoms with Crippen LogP contribution in [0.5, 0.6) is 0 Å². The summed E-state index contributed by atoms with van der Waals surface area (Å²) in [6.07, 6.45) is 2.45. The molecule has 0 unspecified atom stereocenters. The molecular weight excluding hydrogens is 270 g/mol. The number of rotatable bonds is 12. The van der Waals surface area contributed by atoms with Crippen LogP contribution in [0.2, 0.25) is 0 Å². The van der Waals surface area contributed by atoms with E-state index in [2.05, 4.69) is 10.3 Å². The predicted molar refractivity (Wildman–Crippen MR) is 78.5 cm³/mol. The quantitative estimate of drug-likeness (QED) is 0.196. The monoisotopic (exact) mass is 291 g/mol. The summed E-state index contributed by atoms with van der Waals surface area (Å²) in [5, 5.41) is 6.64. The predicted octanol–water partition coefficient (Wildman–Crippen LogP) is 3.55. The van der Waals surface area contributed by atoms with E-state index in [0.29, 0.717) is 19.6 Å². The van der Waals surface area contributed by atoms with Crippen LogP contribution in [-0.2, 0) is 9.53 Å². The van der Waals surface area contributed by atoms with Crippen molar-refractivity contribution in [3.63, 3.8) is 0 Å². The lowest BCUT2D eigenvalue weighted by molar-refractivity contribution is -0.118. The van der Waals surface area contributed by atoms with E-state index < -0.39 is 0 Å². The number of ether oxygens (including phenoxy) is 1. The molecule has 0 aromatic carbocycles. The van der Waals surface area contributed by atoms with Gasteiger partial charge in [-0.3, -0.25) is 4.79 Å². The Labute approximate surface area is 116 Å². The second-order valence-electron chi connectivity index (χ2n) is 3.75. The Balaban J connectivity index is 3.14. The Bertz CT molecular complexity index is 273. The zero-order chi connectivity index (χ0) is 13.6. The third kappa shape index (κ3) is 13.7. The Kier molecular flexibility index (Phi) is 12.8. The Morgan fingerprint density at radius 3 is 2.56 bits per heavy atom. The lowest BCUT2D eigenvalue weighted by Crippen LogP contribution is -2.02. The van der Waals surface area contributed by atoms with E-state index >= 15 is 0 Å². The molecule has 18 heavy (non-hydrogen) atoms. The minimum absolute atomic E-state index is 0.175. The van der Waals surface area contributed by atoms with Gasteiger partial charge < -0.3 is 4.74 Å². The van der Waals surface area contributed by atoms with Crippen molar-refractivity contribution in [2.75, 3.05) is 24.7 Å². The molecule has 0 fully saturated rings. The summed E-state index contributed by atoms with van der Waals surface area (Å²) in [6, 6.07) is 0. The van der Waals surface area contributed by atoms with Crippen LogP contribution >= 0.6 is 21.6 Å². The lowest BCUT2D eigenvalue weighted by Gasteiger charge is -2.02. The molecule has 0 bridgehead atoms. The largest absolute Gasteiger partial charge is 0.380 e. The minimum atomic E-state index is 0.175. The van der Waals surface area contributed by atoms with Crippen LogP contribution in [0.3, 0.4) is 0 Å². The first-order valence-electron chi connectivity index (χ1n) is 5.88. The van der Waals surface area contributed by atoms with Crippen molar-refractivity contribution in [2.24, 2.45) is 10.3 Å². The number of nitrogens with zero attached hydrogens (tertiary/aromatic N) is 2. The molecule has 0 atom stereocenters. The molecule has 5 nitrogen and oxygen atoms in total. The van der Waals surface area contributed by atoms with Crippen molar-refractivity contribution < 1.29 is 9.53 Å². The summed E-state index contributed by atoms with van der Waals surface area (Å²) in [5.41, 5.74) is 7.49. The molecule has 0 spiro atoms. The molecule has 0 saturated carbocycles. The Morgan fingerprint density at radius 1 is 1.17 bits per heavy atom. The molecule has 0 aliphatic rings. The average Bonchev–Trinajstić information content (AvgIpc) is 2.31. The van der Waals surface area contributed by atoms with E-state index in [4.69, 9.17) is 10.3 Å². The molecule has 0 aromatic heterocycles. The molecular formula is C11H21N3O2S2. The number of ketones is 1. The van der Waals surface area contributed by atoms with Crippen LogP contribution in [-0.4, -0.2) is 36.2 Å². The molecule has 0 aliphatic carbocycles. The summed E-state index contributed by atoms with van der Waals surface area (Å²) >= 11 is 0. The second-order valence-corrected chi connectivity index (χ2v) is 6.45. The highest BCUT2D eigenvalue weighted by atomic mass is 33.1. The van der Waals surface area contributed by atoms with E-state index in [-0.39, 0.29) is 5.78 Å². The summed E-state index contributed by atoms with van der Waals surface area (Å²) in [5.74, 6) is 2.18. The number of hydrogen-bond donors (Lipinski definition) is 1. The van der Waals surface area contributed by atoms with Crippen molar-refractivity contribution in [3.8, 4) is 0 Å². The molecule has 1 N–H and O–H groups in total. The standard InChI is InChI=1S/C11H21N3O2S2/c1-10(13-14-12)4-3-8-17-18-9-7-16-6-5-11(2)15/h12H,3-9H2,1-2H3/b13-10-,14-12?. The first-order chi connectivity index (χ1) is 8.66. The van der Waals surface area contributed by atoms with E-state index in [9.17, 15) is 4.79 Å². The normalized spacial score (nSPS) is 11.6. The third-order valence-corrected chi connectivity index (χ3v) is 4.44. The molecule has 0 rings (SSSR count). The molecule has 0 radical (unpaired) electrons. The molecule has 0 saturated heterocycles. The van der Waals surface area contributed by atoms with Crippen LogP contribution in [0.15, 0.2) is 10.3 Å². The maximum atomic E-state index is 10.6. The van der Waals surface area contributed by atoms with Crippen molar-refractivity contribution in [2.45, 2.75) is 33.1 Å². The van der Waals surface area contributed by atoms with Crippen molar-refractivity contribution in [1.29, 1.82) is 5.53 Å². The third-order valence-electron chi connectivity index (χ3n) is 1.98. The van der Waals surface area contributed by atoms with Crippen LogP contribution in [0.1, 0.15) is 33.1 Å². The van der Waals surface area contributed by atoms with Gasteiger partial charge in [-0.25, -0.2) is 0 Å². The fourth-order valence-corrected chi connectivity index (χ4v) is 3.00. The van der Waals surface area contributed by atoms with E-state index in [1.54, 1.807) is 17.7 Å². The first kappa shape index (κ1) is 17.6. The van der Waals surface area contributed by atoms with Gasteiger partial charge in [-0.1, -0.05) is 26.8 Å². The van der Waals surface area contributed by atoms with Gasteiger partial charge in [0.15, 0.2) is 0 Å². The zero-order valence-electron chi connectivity index (χ0n) is 11.0. The number of Topliss-reactive ketones (excluding diaryl/α,β-unsaturated/α-hetero) is 1. The van der Waals surface area contributed by atoms with E-state index in [0.717, 1.165) is 30.1 Å². The Morgan fingerprint density at radius 2 is 1.89 bits per heavy atom. The fourth-order valence-electron chi connectivity index (χ4n) is 1.05. The maximum Gasteiger partial charge on any atom is 0.132 e. The highest BCUT2D eigenvalue weighted by Crippen LogP contribution is 2.22. The lowest BCUT2D eigenvalue weighted by atomic mass is 10.2. The average molecular weight is 291 g/mol. The van der Waals surface area contributed by atoms with Gasteiger partial charge in [0.1, 0.15) is 5.78 Å². The van der Waals surface area contributed by atoms with Crippen LogP contribution in [0.4, 0.5) is 0 Å². The second kappa shape index (κ2) is 13.0. The SMILES string of the molecule is CC(=O)CCOCCSSCCC/C(C)=N\N=N. The van der Waals surface area contributed by atoms with Crippen molar-refractivity contribution >= 4 is 33.1 Å². The number of carbonyl (C=O) groups excluding carboxylic acids is 1. The van der Waals surface area contributed by atoms with Gasteiger partial charge in [0, 0.05) is 23.6 Å². The van der Waals surface area contributed by atoms with Gasteiger partial charge in [-0.15, -0.1) is 5.10 Å². The number of carbonyl (C=O) groups is 1. The van der Waals surface area contributed by atoms with Crippen molar-refractivity contribution in [3.05, 3.63) is 0 Å². The van der Waals surface area contributed by atoms with E-state index in [1.165, 1.54) is 0 Å². The summed E-state index contributed by atoms with van der Waals surface area (Å²) in [7, 11) is 3.60. The van der Waals surface area contributed by atoms with Gasteiger partial charge in [-0.05, 0) is 26.7 Å². The molecule has 104 valence electrons. The molecule has 7 heteroatoms. The van der Waals surface area contributed by atoms with Crippen LogP contribution < -0.4 is 0 Å². The highest BCUT2D eigenvalue weighted by molar-refractivity contribution is 8.76. The molecule has 0 aromatic rings. The van der Waals surface area contributed by atoms with Crippen LogP contribution in [0, 0.1) is 5.53 Å². The Hall–Kier alpha value is -0.400. The van der Waals surface area contributed by atoms with Crippen molar-refractivity contribution in [1.82, 2.24) is 0 Å². The zero-order valence-corrected chi connectivity index (χ0v) is 12.6. The smallest absolute Gasteiger partial charge is 0.132 e. The van der Waals surface area contributed by atoms with Gasteiger partial charge in [0.2, 0.25) is 0 Å². The summed E-state index contributed by atoms with van der Waals surface area (Å²) in [6.45, 7) is 4.70. The molecule has 0 aliphatic heterocycles. The summed E-state index contributed by atoms with van der Waals surface area (Å²) < 4.78 is 5.31. The number of nitrogens with one attached hydrogen (secondary N) is 1. The first-order valence-corrected chi connectivity index (χ1v) is 8.37. The fraction of sp³-hybridized carbons (Fsp3) is 0.818. The molecule has 0 amide bonds. The van der Waals surface area contributed by atoms with Gasteiger partial charge >= 0.3 is 0 Å². The summed E-state index contributed by atoms with van der Waals surface area (Å²) in [4.78, 5) is 10.6. The topological polar surface area (TPSA) is 74.9 Å². The molecule has 0 heterocycles. The van der Waals surface area contributed by atoms with Gasteiger partial charge in [-0.2, -0.15) is 5.53 Å². The van der Waals surface area contributed by atoms with Gasteiger partial charge in [0.25, 0.3) is 0 Å². The maximum absolute atomic E-state index is 10.6. The highest BCUT2D eigenvalue weighted by Gasteiger charge is 1.96. The number of hydrogen-bond acceptors (Lipinski definition) is 6. The van der Waals surface area contributed by atoms with E-state index in [1.807, 2.05) is 17.7 Å². The van der Waals surface area contributed by atoms with Crippen LogP contribution in [0.25, 0.3) is 0 Å². The minimum Gasteiger partial charge on any atom is -0.380 e. The van der Waals surface area contributed by atoms with Gasteiger partial charge in [0.05, 0.1) is 13.2 Å².